The molecule has 0 bridgehead atoms. The van der Waals surface area contributed by atoms with Crippen LogP contribution in [0.1, 0.15) is 45.7 Å². The quantitative estimate of drug-likeness (QED) is 0.510. The predicted octanol–water partition coefficient (Wildman–Crippen LogP) is 5.60. The fraction of sp³-hybridized carbons (Fsp3) is 0.417. The number of aryl methyl sites for hydroxylation is 1. The molecule has 0 fully saturated rings. The smallest absolute Gasteiger partial charge is 0.408 e. The lowest BCUT2D eigenvalue weighted by Crippen LogP contribution is -2.34. The minimum absolute atomic E-state index is 0.270. The third-order valence-electron chi connectivity index (χ3n) is 4.64. The fourth-order valence-electron chi connectivity index (χ4n) is 3.11. The molecular weight excluding hydrogens is 395 g/mol. The number of anilines is 1. The van der Waals surface area contributed by atoms with Crippen molar-refractivity contribution in [3.8, 4) is 11.3 Å². The summed E-state index contributed by atoms with van der Waals surface area (Å²) in [6.45, 7) is 15.7. The van der Waals surface area contributed by atoms with Gasteiger partial charge in [0, 0.05) is 19.2 Å². The van der Waals surface area contributed by atoms with Crippen molar-refractivity contribution in [2.75, 3.05) is 11.9 Å². The molecule has 6 nitrogen and oxygen atoms in total. The van der Waals surface area contributed by atoms with Gasteiger partial charge in [-0.05, 0) is 56.9 Å². The van der Waals surface area contributed by atoms with Gasteiger partial charge in [0.1, 0.15) is 11.4 Å². The number of alkyl carbamates (subject to hydrolysis) is 1. The van der Waals surface area contributed by atoms with Gasteiger partial charge in [-0.2, -0.15) is 5.10 Å². The van der Waals surface area contributed by atoms with Gasteiger partial charge < -0.3 is 15.4 Å². The largest absolute Gasteiger partial charge is 0.444 e. The van der Waals surface area contributed by atoms with Crippen molar-refractivity contribution < 1.29 is 13.9 Å². The molecule has 0 unspecified atom stereocenters. The number of hydrogen-bond donors (Lipinski definition) is 2. The highest BCUT2D eigenvalue weighted by atomic mass is 19.1. The maximum atomic E-state index is 14.6. The molecule has 168 valence electrons. The van der Waals surface area contributed by atoms with Crippen molar-refractivity contribution in [2.45, 2.75) is 45.8 Å². The highest BCUT2D eigenvalue weighted by Gasteiger charge is 2.22. The maximum absolute atomic E-state index is 14.6. The van der Waals surface area contributed by atoms with Gasteiger partial charge in [-0.25, -0.2) is 9.18 Å². The molecule has 1 aromatic heterocycles. The van der Waals surface area contributed by atoms with E-state index in [2.05, 4.69) is 35.8 Å². The Hall–Kier alpha value is -3.09. The lowest BCUT2D eigenvalue weighted by molar-refractivity contribution is 0.0504. The first kappa shape index (κ1) is 24.2. The van der Waals surface area contributed by atoms with Gasteiger partial charge in [-0.15, -0.1) is 13.2 Å². The van der Waals surface area contributed by atoms with Crippen LogP contribution in [0.5, 0.6) is 0 Å². The Bertz CT molecular complexity index is 930. The number of benzene rings is 1. The number of aromatic nitrogens is 2. The van der Waals surface area contributed by atoms with Crippen LogP contribution in [0.25, 0.3) is 11.3 Å². The molecule has 0 radical (unpaired) electrons. The molecule has 2 N–H and O–H groups in total. The van der Waals surface area contributed by atoms with Crippen LogP contribution in [0, 0.1) is 11.7 Å². The minimum Gasteiger partial charge on any atom is -0.444 e. The van der Waals surface area contributed by atoms with E-state index in [0.29, 0.717) is 24.1 Å². The molecular formula is C24H33FN4O2. The summed E-state index contributed by atoms with van der Waals surface area (Å²) < 4.78 is 21.7. The van der Waals surface area contributed by atoms with E-state index in [1.54, 1.807) is 37.7 Å². The SMILES string of the molecule is C=CC[C@H](NC(=O)OC(C)(C)C)c1cc(F)cc(-c2c(NC[C@H](C)C=C)cnn2C)c1. The zero-order valence-corrected chi connectivity index (χ0v) is 19.0. The lowest BCUT2D eigenvalue weighted by Gasteiger charge is -2.24. The lowest BCUT2D eigenvalue weighted by atomic mass is 9.99. The van der Waals surface area contributed by atoms with Crippen LogP contribution >= 0.6 is 0 Å². The number of carbonyl (C=O) groups excluding carboxylic acids is 1. The normalized spacial score (nSPS) is 13.2. The number of amides is 1. The molecule has 1 heterocycles. The van der Waals surface area contributed by atoms with E-state index in [9.17, 15) is 9.18 Å². The number of nitrogens with zero attached hydrogens (tertiary/aromatic N) is 2. The predicted molar refractivity (Wildman–Crippen MR) is 123 cm³/mol. The maximum Gasteiger partial charge on any atom is 0.408 e. The number of rotatable bonds is 9. The van der Waals surface area contributed by atoms with Crippen molar-refractivity contribution in [3.63, 3.8) is 0 Å². The first-order valence-electron chi connectivity index (χ1n) is 10.3. The Kier molecular flexibility index (Phi) is 8.02. The summed E-state index contributed by atoms with van der Waals surface area (Å²) in [4.78, 5) is 12.3. The Labute approximate surface area is 184 Å². The van der Waals surface area contributed by atoms with E-state index < -0.39 is 23.6 Å². The van der Waals surface area contributed by atoms with Gasteiger partial charge >= 0.3 is 6.09 Å². The first-order chi connectivity index (χ1) is 14.5. The Morgan fingerprint density at radius 2 is 2.03 bits per heavy atom. The summed E-state index contributed by atoms with van der Waals surface area (Å²) in [5.41, 5.74) is 2.20. The summed E-state index contributed by atoms with van der Waals surface area (Å²) in [7, 11) is 1.81. The summed E-state index contributed by atoms with van der Waals surface area (Å²) in [6.07, 6.45) is 5.13. The summed E-state index contributed by atoms with van der Waals surface area (Å²) >= 11 is 0. The zero-order chi connectivity index (χ0) is 23.2. The highest BCUT2D eigenvalue weighted by Crippen LogP contribution is 2.31. The van der Waals surface area contributed by atoms with E-state index in [4.69, 9.17) is 4.74 Å². The summed E-state index contributed by atoms with van der Waals surface area (Å²) in [5, 5.41) is 10.5. The van der Waals surface area contributed by atoms with Gasteiger partial charge in [0.2, 0.25) is 0 Å². The molecule has 0 spiro atoms. The van der Waals surface area contributed by atoms with Gasteiger partial charge in [-0.1, -0.05) is 19.1 Å². The van der Waals surface area contributed by atoms with Crippen LogP contribution in [0.2, 0.25) is 0 Å². The minimum atomic E-state index is -0.631. The number of ether oxygens (including phenoxy) is 1. The fourth-order valence-corrected chi connectivity index (χ4v) is 3.11. The zero-order valence-electron chi connectivity index (χ0n) is 19.0. The third kappa shape index (κ3) is 6.98. The van der Waals surface area contributed by atoms with E-state index in [1.807, 2.05) is 19.2 Å². The standard InChI is InChI=1S/C24H33FN4O2/c1-8-10-20(28-23(30)31-24(4,5)6)17-11-18(13-19(25)12-17)22-21(15-27-29(22)7)26-14-16(3)9-2/h8-9,11-13,15-16,20,26H,1-2,10,14H2,3-7H3,(H,28,30)/t16-,20+/m1/s1. The molecule has 2 aromatic rings. The van der Waals surface area contributed by atoms with Crippen LogP contribution in [-0.4, -0.2) is 28.0 Å². The topological polar surface area (TPSA) is 68.2 Å². The number of carbonyl (C=O) groups is 1. The van der Waals surface area contributed by atoms with Gasteiger partial charge in [0.05, 0.1) is 23.6 Å². The van der Waals surface area contributed by atoms with Crippen molar-refractivity contribution >= 4 is 11.8 Å². The molecule has 1 amide bonds. The van der Waals surface area contributed by atoms with Gasteiger partial charge in [-0.3, -0.25) is 4.68 Å². The monoisotopic (exact) mass is 428 g/mol. The molecule has 1 aromatic carbocycles. The average Bonchev–Trinajstić information content (AvgIpc) is 3.04. The molecule has 0 aliphatic rings. The number of hydrogen-bond acceptors (Lipinski definition) is 4. The first-order valence-corrected chi connectivity index (χ1v) is 10.3. The second-order valence-electron chi connectivity index (χ2n) is 8.62. The summed E-state index contributed by atoms with van der Waals surface area (Å²) in [6, 6.07) is 4.25. The van der Waals surface area contributed by atoms with Crippen molar-refractivity contribution in [2.24, 2.45) is 13.0 Å². The Balaban J connectivity index is 2.38. The average molecular weight is 429 g/mol. The molecule has 0 aliphatic heterocycles. The second kappa shape index (κ2) is 10.3. The van der Waals surface area contributed by atoms with Gasteiger partial charge in [0.25, 0.3) is 0 Å². The van der Waals surface area contributed by atoms with Crippen LogP contribution < -0.4 is 10.6 Å². The van der Waals surface area contributed by atoms with Gasteiger partial charge in [0.15, 0.2) is 0 Å². The van der Waals surface area contributed by atoms with Crippen molar-refractivity contribution in [1.82, 2.24) is 15.1 Å². The highest BCUT2D eigenvalue weighted by molar-refractivity contribution is 5.75. The van der Waals surface area contributed by atoms with E-state index in [1.165, 1.54) is 12.1 Å². The van der Waals surface area contributed by atoms with Crippen molar-refractivity contribution in [3.05, 3.63) is 61.1 Å². The molecule has 0 saturated heterocycles. The van der Waals surface area contributed by atoms with Crippen LogP contribution in [0.3, 0.4) is 0 Å². The Morgan fingerprint density at radius 3 is 2.65 bits per heavy atom. The number of halogens is 1. The molecule has 0 aliphatic carbocycles. The molecule has 0 saturated carbocycles. The van der Waals surface area contributed by atoms with E-state index in [0.717, 1.165) is 11.4 Å². The molecule has 7 heteroatoms. The van der Waals surface area contributed by atoms with Crippen molar-refractivity contribution in [1.29, 1.82) is 0 Å². The van der Waals surface area contributed by atoms with E-state index in [-0.39, 0.29) is 5.92 Å². The molecule has 31 heavy (non-hydrogen) atoms. The molecule has 2 rings (SSSR count). The van der Waals surface area contributed by atoms with Crippen LogP contribution in [0.15, 0.2) is 49.7 Å². The van der Waals surface area contributed by atoms with Crippen LogP contribution in [0.4, 0.5) is 14.9 Å². The van der Waals surface area contributed by atoms with Crippen LogP contribution in [-0.2, 0) is 11.8 Å². The Morgan fingerprint density at radius 1 is 1.32 bits per heavy atom. The third-order valence-corrected chi connectivity index (χ3v) is 4.64. The summed E-state index contributed by atoms with van der Waals surface area (Å²) in [5.74, 6) is -0.134. The molecule has 2 atom stereocenters. The van der Waals surface area contributed by atoms with E-state index >= 15 is 0 Å². The number of nitrogens with one attached hydrogen (secondary N) is 2. The second-order valence-corrected chi connectivity index (χ2v) is 8.62.